The fourth-order valence-electron chi connectivity index (χ4n) is 2.14. The van der Waals surface area contributed by atoms with Gasteiger partial charge in [0, 0.05) is 5.41 Å². The molecule has 0 radical (unpaired) electrons. The molecule has 72 valence electrons. The van der Waals surface area contributed by atoms with Gasteiger partial charge in [-0.15, -0.1) is 0 Å². The summed E-state index contributed by atoms with van der Waals surface area (Å²) < 4.78 is 0. The van der Waals surface area contributed by atoms with Crippen LogP contribution < -0.4 is 0 Å². The summed E-state index contributed by atoms with van der Waals surface area (Å²) in [7, 11) is 0. The molecule has 1 aliphatic carbocycles. The minimum absolute atomic E-state index is 0.195. The highest BCUT2D eigenvalue weighted by atomic mass is 14.3. The van der Waals surface area contributed by atoms with Crippen molar-refractivity contribution in [2.45, 2.75) is 25.7 Å². The molecular formula is C14H16. The van der Waals surface area contributed by atoms with Crippen LogP contribution in [0.2, 0.25) is 0 Å². The van der Waals surface area contributed by atoms with Crippen LogP contribution in [0.1, 0.15) is 25.8 Å². The van der Waals surface area contributed by atoms with Crippen molar-refractivity contribution in [1.82, 2.24) is 0 Å². The average Bonchev–Trinajstić information content (AvgIpc) is 2.19. The van der Waals surface area contributed by atoms with Crippen molar-refractivity contribution in [3.63, 3.8) is 0 Å². The third-order valence-electron chi connectivity index (χ3n) is 2.92. The van der Waals surface area contributed by atoms with Gasteiger partial charge < -0.3 is 0 Å². The molecule has 0 aliphatic heterocycles. The Labute approximate surface area is 86.0 Å². The van der Waals surface area contributed by atoms with Crippen LogP contribution in [0.25, 0.3) is 0 Å². The first-order valence-corrected chi connectivity index (χ1v) is 5.11. The molecule has 0 bridgehead atoms. The van der Waals surface area contributed by atoms with Gasteiger partial charge in [0.15, 0.2) is 0 Å². The highest BCUT2D eigenvalue weighted by molar-refractivity contribution is 5.36. The van der Waals surface area contributed by atoms with Crippen LogP contribution in [0.4, 0.5) is 0 Å². The topological polar surface area (TPSA) is 0 Å². The maximum Gasteiger partial charge on any atom is 0.0144 e. The third kappa shape index (κ3) is 1.65. The second kappa shape index (κ2) is 3.45. The Hall–Kier alpha value is -1.30. The molecule has 2 rings (SSSR count). The smallest absolute Gasteiger partial charge is 0.0144 e. The lowest BCUT2D eigenvalue weighted by molar-refractivity contribution is 0.581. The molecule has 0 spiro atoms. The summed E-state index contributed by atoms with van der Waals surface area (Å²) in [5.41, 5.74) is 3.06. The Morgan fingerprint density at radius 3 is 2.50 bits per heavy atom. The second-order valence-corrected chi connectivity index (χ2v) is 4.33. The van der Waals surface area contributed by atoms with Crippen LogP contribution in [0, 0.1) is 0 Å². The van der Waals surface area contributed by atoms with Crippen molar-refractivity contribution >= 4 is 0 Å². The van der Waals surface area contributed by atoms with Gasteiger partial charge in [-0.2, -0.15) is 0 Å². The fourth-order valence-corrected chi connectivity index (χ4v) is 2.14. The zero-order valence-corrected chi connectivity index (χ0v) is 8.83. The van der Waals surface area contributed by atoms with E-state index in [1.165, 1.54) is 11.1 Å². The monoisotopic (exact) mass is 184 g/mol. The molecule has 0 nitrogen and oxygen atoms in total. The third-order valence-corrected chi connectivity index (χ3v) is 2.92. The number of hydrogen-bond acceptors (Lipinski definition) is 0. The molecule has 14 heavy (non-hydrogen) atoms. The zero-order valence-electron chi connectivity index (χ0n) is 8.83. The van der Waals surface area contributed by atoms with Crippen LogP contribution in [0.5, 0.6) is 0 Å². The van der Waals surface area contributed by atoms with E-state index in [1.54, 1.807) is 0 Å². The van der Waals surface area contributed by atoms with E-state index in [0.29, 0.717) is 0 Å². The van der Waals surface area contributed by atoms with Crippen molar-refractivity contribution in [3.8, 4) is 0 Å². The number of hydrogen-bond donors (Lipinski definition) is 0. The first kappa shape index (κ1) is 9.26. The first-order chi connectivity index (χ1) is 6.71. The first-order valence-electron chi connectivity index (χ1n) is 5.11. The molecule has 0 saturated heterocycles. The van der Waals surface area contributed by atoms with Crippen molar-refractivity contribution in [2.24, 2.45) is 0 Å². The summed E-state index contributed by atoms with van der Waals surface area (Å²) in [4.78, 5) is 0. The lowest BCUT2D eigenvalue weighted by Crippen LogP contribution is -2.20. The predicted molar refractivity (Wildman–Crippen MR) is 61.3 cm³/mol. The molecule has 1 atom stereocenters. The fraction of sp³-hybridized carbons (Fsp3) is 0.286. The maximum absolute atomic E-state index is 2.30. The molecule has 0 heteroatoms. The van der Waals surface area contributed by atoms with Gasteiger partial charge in [0.05, 0.1) is 0 Å². The molecule has 0 N–H and O–H groups in total. The van der Waals surface area contributed by atoms with Crippen molar-refractivity contribution < 1.29 is 0 Å². The van der Waals surface area contributed by atoms with Crippen LogP contribution in [-0.2, 0) is 5.41 Å². The summed E-state index contributed by atoms with van der Waals surface area (Å²) in [5.74, 6) is 0. The van der Waals surface area contributed by atoms with Gasteiger partial charge in [0.1, 0.15) is 0 Å². The Morgan fingerprint density at radius 2 is 1.86 bits per heavy atom. The van der Waals surface area contributed by atoms with E-state index in [2.05, 4.69) is 62.4 Å². The lowest BCUT2D eigenvalue weighted by Gasteiger charge is -2.29. The Kier molecular flexibility index (Phi) is 2.28. The van der Waals surface area contributed by atoms with Crippen LogP contribution in [-0.4, -0.2) is 0 Å². The van der Waals surface area contributed by atoms with Crippen molar-refractivity contribution in [1.29, 1.82) is 0 Å². The number of rotatable bonds is 1. The van der Waals surface area contributed by atoms with E-state index in [9.17, 15) is 0 Å². The zero-order chi connectivity index (χ0) is 10.0. The Morgan fingerprint density at radius 1 is 1.14 bits per heavy atom. The van der Waals surface area contributed by atoms with Crippen LogP contribution in [0.3, 0.4) is 0 Å². The predicted octanol–water partition coefficient (Wildman–Crippen LogP) is 3.85. The molecule has 0 fully saturated rings. The molecule has 0 aromatic heterocycles. The molecule has 1 aromatic rings. The quantitative estimate of drug-likeness (QED) is 0.622. The molecule has 1 unspecified atom stereocenters. The summed E-state index contributed by atoms with van der Waals surface area (Å²) in [5, 5.41) is 0. The molecule has 1 aliphatic rings. The van der Waals surface area contributed by atoms with Gasteiger partial charge >= 0.3 is 0 Å². The van der Waals surface area contributed by atoms with Gasteiger partial charge in [0.25, 0.3) is 0 Å². The maximum atomic E-state index is 2.30. The van der Waals surface area contributed by atoms with Gasteiger partial charge in [-0.3, -0.25) is 0 Å². The largest absolute Gasteiger partial charge is 0.0739 e. The Bertz CT molecular complexity index is 370. The van der Waals surface area contributed by atoms with E-state index in [0.717, 1.165) is 6.42 Å². The normalized spacial score (nSPS) is 26.0. The average molecular weight is 184 g/mol. The molecule has 0 amide bonds. The van der Waals surface area contributed by atoms with E-state index in [1.807, 2.05) is 0 Å². The van der Waals surface area contributed by atoms with Crippen molar-refractivity contribution in [3.05, 3.63) is 59.7 Å². The number of allylic oxidation sites excluding steroid dienone is 4. The highest BCUT2D eigenvalue weighted by Gasteiger charge is 2.24. The lowest BCUT2D eigenvalue weighted by atomic mass is 9.75. The van der Waals surface area contributed by atoms with E-state index in [-0.39, 0.29) is 5.41 Å². The molecule has 0 heterocycles. The summed E-state index contributed by atoms with van der Waals surface area (Å²) in [6.07, 6.45) is 7.80. The standard InChI is InChI=1S/C14H16/c1-12-7-6-10-14(2,11-12)13-8-4-3-5-9-13/h3-10H,11H2,1-2H3. The summed E-state index contributed by atoms with van der Waals surface area (Å²) >= 11 is 0. The SMILES string of the molecule is CC1=CC=CC(C)(c2ccccc2)C1. The molecule has 1 aromatic carbocycles. The van der Waals surface area contributed by atoms with Crippen molar-refractivity contribution in [2.75, 3.05) is 0 Å². The van der Waals surface area contributed by atoms with Gasteiger partial charge in [-0.05, 0) is 18.9 Å². The molecular weight excluding hydrogens is 168 g/mol. The Balaban J connectivity index is 2.35. The van der Waals surface area contributed by atoms with Crippen LogP contribution >= 0.6 is 0 Å². The van der Waals surface area contributed by atoms with Gasteiger partial charge in [-0.25, -0.2) is 0 Å². The molecule has 0 saturated carbocycles. The van der Waals surface area contributed by atoms with Gasteiger partial charge in [0.2, 0.25) is 0 Å². The summed E-state index contributed by atoms with van der Waals surface area (Å²) in [6, 6.07) is 10.7. The highest BCUT2D eigenvalue weighted by Crippen LogP contribution is 2.34. The second-order valence-electron chi connectivity index (χ2n) is 4.33. The van der Waals surface area contributed by atoms with E-state index >= 15 is 0 Å². The van der Waals surface area contributed by atoms with Crippen LogP contribution in [0.15, 0.2) is 54.1 Å². The number of benzene rings is 1. The van der Waals surface area contributed by atoms with E-state index < -0.39 is 0 Å². The van der Waals surface area contributed by atoms with Gasteiger partial charge in [-0.1, -0.05) is 61.1 Å². The van der Waals surface area contributed by atoms with E-state index in [4.69, 9.17) is 0 Å². The summed E-state index contributed by atoms with van der Waals surface area (Å²) in [6.45, 7) is 4.50. The minimum atomic E-state index is 0.195. The minimum Gasteiger partial charge on any atom is -0.0739 e.